The highest BCUT2D eigenvalue weighted by molar-refractivity contribution is 5.35. The van der Waals surface area contributed by atoms with Crippen molar-refractivity contribution >= 4 is 0 Å². The van der Waals surface area contributed by atoms with Crippen molar-refractivity contribution in [3.63, 3.8) is 0 Å². The standard InChI is InChI=1S/C16H20/c1-10-8-9-11(2)16-14-7-5-4-6-13(14)12(3)15(10)16/h4-9,12-16H,1-3H3. The minimum Gasteiger partial charge on any atom is -0.0805 e. The van der Waals surface area contributed by atoms with Crippen LogP contribution in [0.15, 0.2) is 47.6 Å². The number of rotatable bonds is 0. The number of fused-ring (bicyclic) bond motifs is 3. The van der Waals surface area contributed by atoms with Crippen LogP contribution in [-0.4, -0.2) is 0 Å². The minimum absolute atomic E-state index is 0.741. The van der Waals surface area contributed by atoms with Gasteiger partial charge in [-0.15, -0.1) is 0 Å². The molecule has 0 radical (unpaired) electrons. The van der Waals surface area contributed by atoms with Crippen LogP contribution in [0.3, 0.4) is 0 Å². The van der Waals surface area contributed by atoms with E-state index in [9.17, 15) is 0 Å². The molecule has 5 unspecified atom stereocenters. The third kappa shape index (κ3) is 1.22. The highest BCUT2D eigenvalue weighted by Gasteiger charge is 2.48. The molecule has 0 bridgehead atoms. The van der Waals surface area contributed by atoms with Crippen LogP contribution in [0, 0.1) is 29.6 Å². The Morgan fingerprint density at radius 1 is 0.812 bits per heavy atom. The first-order chi connectivity index (χ1) is 7.70. The van der Waals surface area contributed by atoms with E-state index in [0.717, 1.165) is 29.6 Å². The minimum atomic E-state index is 0.741. The average molecular weight is 212 g/mol. The van der Waals surface area contributed by atoms with Crippen LogP contribution in [0.5, 0.6) is 0 Å². The summed E-state index contributed by atoms with van der Waals surface area (Å²) >= 11 is 0. The maximum absolute atomic E-state index is 2.43. The van der Waals surface area contributed by atoms with E-state index in [0.29, 0.717) is 0 Å². The lowest BCUT2D eigenvalue weighted by atomic mass is 9.75. The lowest BCUT2D eigenvalue weighted by molar-refractivity contribution is 0.390. The third-order valence-electron chi connectivity index (χ3n) is 4.86. The molecule has 0 saturated heterocycles. The van der Waals surface area contributed by atoms with Crippen molar-refractivity contribution in [2.24, 2.45) is 29.6 Å². The molecule has 5 atom stereocenters. The quantitative estimate of drug-likeness (QED) is 0.566. The van der Waals surface area contributed by atoms with Crippen LogP contribution in [0.2, 0.25) is 0 Å². The van der Waals surface area contributed by atoms with E-state index in [-0.39, 0.29) is 0 Å². The van der Waals surface area contributed by atoms with Gasteiger partial charge in [-0.05, 0) is 43.4 Å². The molecule has 0 aromatic heterocycles. The molecular formula is C16H20. The van der Waals surface area contributed by atoms with Gasteiger partial charge in [-0.3, -0.25) is 0 Å². The normalized spacial score (nSPS) is 44.8. The molecule has 0 aliphatic heterocycles. The van der Waals surface area contributed by atoms with Gasteiger partial charge in [0.05, 0.1) is 0 Å². The van der Waals surface area contributed by atoms with Gasteiger partial charge in [0, 0.05) is 0 Å². The van der Waals surface area contributed by atoms with Crippen LogP contribution in [0.4, 0.5) is 0 Å². The fraction of sp³-hybridized carbons (Fsp3) is 0.500. The Morgan fingerprint density at radius 3 is 2.06 bits per heavy atom. The Balaban J connectivity index is 2.06. The molecule has 0 N–H and O–H groups in total. The van der Waals surface area contributed by atoms with E-state index in [1.54, 1.807) is 11.1 Å². The van der Waals surface area contributed by atoms with Crippen LogP contribution in [0.1, 0.15) is 20.8 Å². The van der Waals surface area contributed by atoms with E-state index >= 15 is 0 Å². The van der Waals surface area contributed by atoms with E-state index in [4.69, 9.17) is 0 Å². The Morgan fingerprint density at radius 2 is 1.38 bits per heavy atom. The molecule has 0 heteroatoms. The SMILES string of the molecule is CC1=CC=C(C)C2C3C=CC=CC3C(C)C12. The topological polar surface area (TPSA) is 0 Å². The molecule has 0 aromatic carbocycles. The molecule has 3 rings (SSSR count). The summed E-state index contributed by atoms with van der Waals surface area (Å²) in [6, 6.07) is 0. The molecule has 0 spiro atoms. The largest absolute Gasteiger partial charge is 0.0805 e. The van der Waals surface area contributed by atoms with E-state index in [1.165, 1.54) is 0 Å². The molecule has 84 valence electrons. The highest BCUT2D eigenvalue weighted by Crippen LogP contribution is 2.54. The van der Waals surface area contributed by atoms with Gasteiger partial charge in [-0.2, -0.15) is 0 Å². The van der Waals surface area contributed by atoms with Crippen molar-refractivity contribution < 1.29 is 0 Å². The van der Waals surface area contributed by atoms with E-state index in [1.807, 2.05) is 0 Å². The summed E-state index contributed by atoms with van der Waals surface area (Å²) in [4.78, 5) is 0. The Hall–Kier alpha value is -1.04. The van der Waals surface area contributed by atoms with Gasteiger partial charge < -0.3 is 0 Å². The van der Waals surface area contributed by atoms with Gasteiger partial charge >= 0.3 is 0 Å². The summed E-state index contributed by atoms with van der Waals surface area (Å²) in [5.74, 6) is 3.81. The molecule has 1 saturated carbocycles. The highest BCUT2D eigenvalue weighted by atomic mass is 14.5. The van der Waals surface area contributed by atoms with E-state index < -0.39 is 0 Å². The van der Waals surface area contributed by atoms with Crippen molar-refractivity contribution in [2.75, 3.05) is 0 Å². The van der Waals surface area contributed by atoms with Crippen molar-refractivity contribution in [2.45, 2.75) is 20.8 Å². The maximum Gasteiger partial charge on any atom is -0.00656 e. The number of allylic oxidation sites excluding steroid dienone is 8. The molecule has 1 fully saturated rings. The van der Waals surface area contributed by atoms with Gasteiger partial charge in [0.1, 0.15) is 0 Å². The second kappa shape index (κ2) is 3.48. The Kier molecular flexibility index (Phi) is 2.20. The predicted octanol–water partition coefficient (Wildman–Crippen LogP) is 4.13. The number of hydrogen-bond acceptors (Lipinski definition) is 0. The lowest BCUT2D eigenvalue weighted by Gasteiger charge is -2.29. The van der Waals surface area contributed by atoms with Gasteiger partial charge in [0.25, 0.3) is 0 Å². The third-order valence-corrected chi connectivity index (χ3v) is 4.86. The molecule has 0 nitrogen and oxygen atoms in total. The molecule has 0 aromatic rings. The first kappa shape index (κ1) is 10.1. The molecule has 16 heavy (non-hydrogen) atoms. The maximum atomic E-state index is 2.43. The molecule has 0 amide bonds. The fourth-order valence-electron chi connectivity index (χ4n) is 4.10. The molecule has 0 heterocycles. The summed E-state index contributed by atoms with van der Waals surface area (Å²) in [5.41, 5.74) is 3.16. The zero-order chi connectivity index (χ0) is 11.3. The Bertz CT molecular complexity index is 419. The molecule has 3 aliphatic carbocycles. The average Bonchev–Trinajstić information content (AvgIpc) is 2.60. The van der Waals surface area contributed by atoms with Gasteiger partial charge in [0.2, 0.25) is 0 Å². The summed E-state index contributed by atoms with van der Waals surface area (Å²) in [5, 5.41) is 0. The van der Waals surface area contributed by atoms with Crippen LogP contribution in [-0.2, 0) is 0 Å². The first-order valence-corrected chi connectivity index (χ1v) is 6.40. The molecular weight excluding hydrogens is 192 g/mol. The lowest BCUT2D eigenvalue weighted by Crippen LogP contribution is -2.21. The zero-order valence-electron chi connectivity index (χ0n) is 10.4. The summed E-state index contributed by atoms with van der Waals surface area (Å²) in [6.45, 7) is 7.05. The first-order valence-electron chi connectivity index (χ1n) is 6.40. The van der Waals surface area contributed by atoms with Gasteiger partial charge in [-0.25, -0.2) is 0 Å². The summed E-state index contributed by atoms with van der Waals surface area (Å²) in [6.07, 6.45) is 14.0. The summed E-state index contributed by atoms with van der Waals surface area (Å²) < 4.78 is 0. The monoisotopic (exact) mass is 212 g/mol. The smallest absolute Gasteiger partial charge is 0.00656 e. The van der Waals surface area contributed by atoms with Crippen molar-refractivity contribution in [1.82, 2.24) is 0 Å². The van der Waals surface area contributed by atoms with E-state index in [2.05, 4.69) is 57.2 Å². The van der Waals surface area contributed by atoms with Crippen LogP contribution < -0.4 is 0 Å². The van der Waals surface area contributed by atoms with Crippen molar-refractivity contribution in [1.29, 1.82) is 0 Å². The summed E-state index contributed by atoms with van der Waals surface area (Å²) in [7, 11) is 0. The number of hydrogen-bond donors (Lipinski definition) is 0. The van der Waals surface area contributed by atoms with Gasteiger partial charge in [0.15, 0.2) is 0 Å². The van der Waals surface area contributed by atoms with Crippen molar-refractivity contribution in [3.05, 3.63) is 47.6 Å². The van der Waals surface area contributed by atoms with Gasteiger partial charge in [-0.1, -0.05) is 54.5 Å². The second-order valence-corrected chi connectivity index (χ2v) is 5.66. The predicted molar refractivity (Wildman–Crippen MR) is 68.9 cm³/mol. The van der Waals surface area contributed by atoms with Crippen LogP contribution >= 0.6 is 0 Å². The zero-order valence-corrected chi connectivity index (χ0v) is 10.4. The van der Waals surface area contributed by atoms with Crippen LogP contribution in [0.25, 0.3) is 0 Å². The van der Waals surface area contributed by atoms with Crippen molar-refractivity contribution in [3.8, 4) is 0 Å². The molecule has 3 aliphatic rings. The second-order valence-electron chi connectivity index (χ2n) is 5.66. The Labute approximate surface area is 98.4 Å². The fourth-order valence-corrected chi connectivity index (χ4v) is 4.10.